The van der Waals surface area contributed by atoms with Gasteiger partial charge in [0.05, 0.1) is 16.6 Å². The van der Waals surface area contributed by atoms with E-state index in [0.717, 1.165) is 21.9 Å². The van der Waals surface area contributed by atoms with Gasteiger partial charge in [-0.2, -0.15) is 5.26 Å². The lowest BCUT2D eigenvalue weighted by atomic mass is 10.0. The van der Waals surface area contributed by atoms with E-state index < -0.39 is 0 Å². The van der Waals surface area contributed by atoms with Crippen LogP contribution in [0.1, 0.15) is 17.0 Å². The monoisotopic (exact) mass is 453 g/mol. The molecule has 0 radical (unpaired) electrons. The normalized spacial score (nSPS) is 11.6. The van der Waals surface area contributed by atoms with Crippen LogP contribution < -0.4 is 4.74 Å². The van der Waals surface area contributed by atoms with Crippen molar-refractivity contribution < 1.29 is 9.13 Å². The van der Waals surface area contributed by atoms with Gasteiger partial charge in [0.15, 0.2) is 0 Å². The van der Waals surface area contributed by atoms with E-state index in [4.69, 9.17) is 16.3 Å². The highest BCUT2D eigenvalue weighted by molar-refractivity contribution is 6.31. The molecule has 4 nitrogen and oxygen atoms in total. The van der Waals surface area contributed by atoms with Gasteiger partial charge in [-0.1, -0.05) is 60.1 Å². The molecule has 0 unspecified atom stereocenters. The van der Waals surface area contributed by atoms with Crippen molar-refractivity contribution in [2.24, 2.45) is 0 Å². The molecule has 160 valence electrons. The van der Waals surface area contributed by atoms with Gasteiger partial charge in [-0.05, 0) is 47.2 Å². The minimum Gasteiger partial charge on any atom is -0.488 e. The molecule has 0 aliphatic carbocycles. The van der Waals surface area contributed by atoms with Crippen molar-refractivity contribution in [1.82, 2.24) is 9.97 Å². The molecule has 0 saturated carbocycles. The molecular formula is C27H17ClFN3O. The molecule has 0 aliphatic heterocycles. The van der Waals surface area contributed by atoms with E-state index in [2.05, 4.69) is 16.0 Å². The van der Waals surface area contributed by atoms with Crippen molar-refractivity contribution >= 4 is 45.1 Å². The number of hydrogen-bond donors (Lipinski definition) is 1. The van der Waals surface area contributed by atoms with Crippen LogP contribution in [0.5, 0.6) is 5.75 Å². The second-order valence-electron chi connectivity index (χ2n) is 7.50. The number of imidazole rings is 1. The van der Waals surface area contributed by atoms with E-state index in [1.807, 2.05) is 60.7 Å². The van der Waals surface area contributed by atoms with Gasteiger partial charge in [0, 0.05) is 16.1 Å². The molecule has 1 N–H and O–H groups in total. The summed E-state index contributed by atoms with van der Waals surface area (Å²) in [4.78, 5) is 7.51. The summed E-state index contributed by atoms with van der Waals surface area (Å²) in [7, 11) is 0. The molecule has 0 aliphatic rings. The van der Waals surface area contributed by atoms with Gasteiger partial charge in [0.2, 0.25) is 0 Å². The number of nitrogens with zero attached hydrogens (tertiary/aromatic N) is 2. The summed E-state index contributed by atoms with van der Waals surface area (Å²) in [6, 6.07) is 25.7. The SMILES string of the molecule is N#C/C(=C/c1c(OCc2ccccc2Cl)ccc2ccccc12)c1nc2ccc(F)cc2[nH]1. The number of ether oxygens (including phenoxy) is 1. The molecule has 4 aromatic carbocycles. The summed E-state index contributed by atoms with van der Waals surface area (Å²) in [6.45, 7) is 0.282. The molecule has 5 aromatic rings. The Morgan fingerprint density at radius 3 is 2.73 bits per heavy atom. The Balaban J connectivity index is 1.61. The first-order valence-corrected chi connectivity index (χ1v) is 10.7. The number of nitriles is 1. The number of aromatic nitrogens is 2. The Labute approximate surface area is 194 Å². The van der Waals surface area contributed by atoms with Gasteiger partial charge in [0.25, 0.3) is 0 Å². The summed E-state index contributed by atoms with van der Waals surface area (Å²) in [6.07, 6.45) is 1.75. The van der Waals surface area contributed by atoms with Gasteiger partial charge in [-0.15, -0.1) is 0 Å². The fourth-order valence-electron chi connectivity index (χ4n) is 3.73. The number of rotatable bonds is 5. The first-order valence-electron chi connectivity index (χ1n) is 10.3. The van der Waals surface area contributed by atoms with Crippen LogP contribution in [0.15, 0.2) is 78.9 Å². The third-order valence-corrected chi connectivity index (χ3v) is 5.75. The van der Waals surface area contributed by atoms with Crippen LogP contribution in [-0.4, -0.2) is 9.97 Å². The lowest BCUT2D eigenvalue weighted by Gasteiger charge is -2.13. The number of halogens is 2. The maximum absolute atomic E-state index is 13.6. The van der Waals surface area contributed by atoms with Gasteiger partial charge >= 0.3 is 0 Å². The third kappa shape index (κ3) is 4.17. The van der Waals surface area contributed by atoms with Crippen molar-refractivity contribution in [3.8, 4) is 11.8 Å². The van der Waals surface area contributed by atoms with Crippen molar-refractivity contribution in [3.05, 3.63) is 107 Å². The predicted octanol–water partition coefficient (Wildman–Crippen LogP) is 7.15. The number of nitrogens with one attached hydrogen (secondary N) is 1. The van der Waals surface area contributed by atoms with Crippen molar-refractivity contribution in [2.75, 3.05) is 0 Å². The maximum Gasteiger partial charge on any atom is 0.149 e. The van der Waals surface area contributed by atoms with Crippen LogP contribution in [0.2, 0.25) is 5.02 Å². The summed E-state index contributed by atoms with van der Waals surface area (Å²) >= 11 is 6.29. The molecule has 1 heterocycles. The molecule has 0 saturated heterocycles. The van der Waals surface area contributed by atoms with Crippen LogP contribution in [0, 0.1) is 17.1 Å². The number of H-pyrrole nitrogens is 1. The van der Waals surface area contributed by atoms with E-state index in [1.54, 1.807) is 12.1 Å². The Bertz CT molecular complexity index is 1570. The highest BCUT2D eigenvalue weighted by atomic mass is 35.5. The quantitative estimate of drug-likeness (QED) is 0.287. The molecule has 0 spiro atoms. The Morgan fingerprint density at radius 2 is 1.88 bits per heavy atom. The first-order chi connectivity index (χ1) is 16.1. The second kappa shape index (κ2) is 8.78. The molecule has 0 bridgehead atoms. The number of aromatic amines is 1. The van der Waals surface area contributed by atoms with E-state index >= 15 is 0 Å². The van der Waals surface area contributed by atoms with Crippen molar-refractivity contribution in [1.29, 1.82) is 5.26 Å². The van der Waals surface area contributed by atoms with Crippen LogP contribution in [0.25, 0.3) is 33.5 Å². The summed E-state index contributed by atoms with van der Waals surface area (Å²) in [5, 5.41) is 12.5. The van der Waals surface area contributed by atoms with Gasteiger partial charge in [0.1, 0.15) is 30.1 Å². The fourth-order valence-corrected chi connectivity index (χ4v) is 3.92. The molecule has 6 heteroatoms. The second-order valence-corrected chi connectivity index (χ2v) is 7.90. The molecule has 1 aromatic heterocycles. The van der Waals surface area contributed by atoms with Crippen LogP contribution in [0.3, 0.4) is 0 Å². The molecule has 0 fully saturated rings. The minimum atomic E-state index is -0.371. The van der Waals surface area contributed by atoms with Gasteiger partial charge < -0.3 is 9.72 Å². The highest BCUT2D eigenvalue weighted by Gasteiger charge is 2.13. The lowest BCUT2D eigenvalue weighted by molar-refractivity contribution is 0.306. The van der Waals surface area contributed by atoms with Crippen molar-refractivity contribution in [3.63, 3.8) is 0 Å². The Morgan fingerprint density at radius 1 is 1.06 bits per heavy atom. The third-order valence-electron chi connectivity index (χ3n) is 5.38. The van der Waals surface area contributed by atoms with E-state index in [-0.39, 0.29) is 12.4 Å². The summed E-state index contributed by atoms with van der Waals surface area (Å²) in [5.74, 6) is 0.608. The van der Waals surface area contributed by atoms with Crippen LogP contribution in [0.4, 0.5) is 4.39 Å². The number of hydrogen-bond acceptors (Lipinski definition) is 3. The van der Waals surface area contributed by atoms with Crippen LogP contribution >= 0.6 is 11.6 Å². The minimum absolute atomic E-state index is 0.282. The average molecular weight is 454 g/mol. The lowest BCUT2D eigenvalue weighted by Crippen LogP contribution is -1.98. The van der Waals surface area contributed by atoms with Gasteiger partial charge in [-0.3, -0.25) is 0 Å². The molecule has 0 amide bonds. The van der Waals surface area contributed by atoms with Crippen LogP contribution in [-0.2, 0) is 6.61 Å². The zero-order chi connectivity index (χ0) is 22.8. The summed E-state index contributed by atoms with van der Waals surface area (Å²) < 4.78 is 19.8. The number of fused-ring (bicyclic) bond motifs is 2. The van der Waals surface area contributed by atoms with Crippen molar-refractivity contribution in [2.45, 2.75) is 6.61 Å². The average Bonchev–Trinajstić information content (AvgIpc) is 3.25. The molecular weight excluding hydrogens is 437 g/mol. The largest absolute Gasteiger partial charge is 0.488 e. The standard InChI is InChI=1S/C27H17ClFN3O/c28-23-8-4-2-6-18(23)16-33-26-12-9-17-5-1-3-7-21(17)22(26)13-19(15-30)27-31-24-11-10-20(29)14-25(24)32-27/h1-14H,16H2,(H,31,32)/b19-13-. The highest BCUT2D eigenvalue weighted by Crippen LogP contribution is 2.33. The first kappa shape index (κ1) is 20.7. The predicted molar refractivity (Wildman–Crippen MR) is 129 cm³/mol. The van der Waals surface area contributed by atoms with E-state index in [1.165, 1.54) is 12.1 Å². The number of allylic oxidation sites excluding steroid dienone is 1. The molecule has 5 rings (SSSR count). The van der Waals surface area contributed by atoms with E-state index in [9.17, 15) is 9.65 Å². The summed E-state index contributed by atoms with van der Waals surface area (Å²) in [5.41, 5.74) is 3.04. The molecule has 33 heavy (non-hydrogen) atoms. The zero-order valence-corrected chi connectivity index (χ0v) is 18.1. The Hall–Kier alpha value is -4.14. The topological polar surface area (TPSA) is 61.7 Å². The van der Waals surface area contributed by atoms with E-state index in [0.29, 0.717) is 33.2 Å². The Kier molecular flexibility index (Phi) is 5.52. The fraction of sp³-hybridized carbons (Fsp3) is 0.0370. The van der Waals surface area contributed by atoms with Gasteiger partial charge in [-0.25, -0.2) is 9.37 Å². The maximum atomic E-state index is 13.6. The number of benzene rings is 4. The zero-order valence-electron chi connectivity index (χ0n) is 17.3. The molecule has 0 atom stereocenters. The smallest absolute Gasteiger partial charge is 0.149 e.